The van der Waals surface area contributed by atoms with Crippen LogP contribution in [0.2, 0.25) is 0 Å². The summed E-state index contributed by atoms with van der Waals surface area (Å²) in [6, 6.07) is 7.10. The molecule has 3 N–H and O–H groups in total. The molecule has 1 amide bonds. The summed E-state index contributed by atoms with van der Waals surface area (Å²) < 4.78 is 0. The maximum Gasteiger partial charge on any atom is 0.222 e. The average Bonchev–Trinajstić information content (AvgIpc) is 3.32. The molecule has 28 heavy (non-hydrogen) atoms. The molecular weight excluding hydrogens is 360 g/mol. The number of likely N-dealkylation sites (tertiary alicyclic amines) is 1. The number of nitrogens with one attached hydrogen (secondary N) is 2. The second-order valence-corrected chi connectivity index (χ2v) is 7.47. The third kappa shape index (κ3) is 3.61. The van der Waals surface area contributed by atoms with Crippen molar-refractivity contribution in [3.8, 4) is 17.2 Å². The Labute approximate surface area is 163 Å². The van der Waals surface area contributed by atoms with Crippen molar-refractivity contribution in [2.75, 3.05) is 13.1 Å². The number of aromatic nitrogens is 1. The first-order chi connectivity index (χ1) is 13.5. The molecule has 0 aliphatic carbocycles. The molecule has 2 aromatic rings. The van der Waals surface area contributed by atoms with Crippen molar-refractivity contribution in [2.24, 2.45) is 5.92 Å². The predicted octanol–water partition coefficient (Wildman–Crippen LogP) is 1.91. The fourth-order valence-corrected chi connectivity index (χ4v) is 3.69. The SMILES string of the molecule is CC(C)C(=O)N[C@@H]1CCN(C(c2ccncc2)c2cc3c(cc2O)ONO3)C1. The number of hydrogen-bond donors (Lipinski definition) is 3. The summed E-state index contributed by atoms with van der Waals surface area (Å²) in [6.45, 7) is 5.26. The van der Waals surface area contributed by atoms with Crippen molar-refractivity contribution in [3.63, 3.8) is 0 Å². The molecule has 148 valence electrons. The molecule has 2 atom stereocenters. The molecule has 0 radical (unpaired) electrons. The topological polar surface area (TPSA) is 96.0 Å². The number of carbonyl (C=O) groups excluding carboxylic acids is 1. The number of fused-ring (bicyclic) bond motifs is 1. The van der Waals surface area contributed by atoms with E-state index in [-0.39, 0.29) is 29.7 Å². The summed E-state index contributed by atoms with van der Waals surface area (Å²) in [5.41, 5.74) is 4.07. The highest BCUT2D eigenvalue weighted by atomic mass is 16.9. The second-order valence-electron chi connectivity index (χ2n) is 7.47. The van der Waals surface area contributed by atoms with Crippen molar-refractivity contribution in [1.29, 1.82) is 0 Å². The van der Waals surface area contributed by atoms with E-state index in [0.29, 0.717) is 23.6 Å². The highest BCUT2D eigenvalue weighted by molar-refractivity contribution is 5.78. The van der Waals surface area contributed by atoms with Crippen LogP contribution in [-0.2, 0) is 4.79 Å². The van der Waals surface area contributed by atoms with Gasteiger partial charge in [0.2, 0.25) is 5.91 Å². The Morgan fingerprint density at radius 2 is 2.00 bits per heavy atom. The summed E-state index contributed by atoms with van der Waals surface area (Å²) in [4.78, 5) is 28.8. The van der Waals surface area contributed by atoms with E-state index in [9.17, 15) is 9.90 Å². The minimum Gasteiger partial charge on any atom is -0.507 e. The summed E-state index contributed by atoms with van der Waals surface area (Å²) in [5, 5.41) is 13.8. The summed E-state index contributed by atoms with van der Waals surface area (Å²) in [7, 11) is 0. The molecule has 8 nitrogen and oxygen atoms in total. The molecule has 4 rings (SSSR count). The van der Waals surface area contributed by atoms with Gasteiger partial charge < -0.3 is 20.1 Å². The minimum absolute atomic E-state index is 0.0459. The third-order valence-electron chi connectivity index (χ3n) is 5.17. The van der Waals surface area contributed by atoms with Crippen molar-refractivity contribution < 1.29 is 19.6 Å². The number of hydrogen-bond acceptors (Lipinski definition) is 7. The number of pyridine rings is 1. The number of nitrogens with zero attached hydrogens (tertiary/aromatic N) is 2. The number of aromatic hydroxyl groups is 1. The highest BCUT2D eigenvalue weighted by Gasteiger charge is 2.34. The van der Waals surface area contributed by atoms with Crippen LogP contribution in [0.5, 0.6) is 17.2 Å². The summed E-state index contributed by atoms with van der Waals surface area (Å²) in [6.07, 6.45) is 4.33. The fraction of sp³-hybridized carbons (Fsp3) is 0.400. The molecular formula is C20H24N4O4. The first-order valence-electron chi connectivity index (χ1n) is 9.43. The van der Waals surface area contributed by atoms with Gasteiger partial charge >= 0.3 is 0 Å². The summed E-state index contributed by atoms with van der Waals surface area (Å²) in [5.74, 6) is 1.11. The molecule has 1 aromatic heterocycles. The molecule has 1 saturated heterocycles. The maximum atomic E-state index is 12.1. The molecule has 2 aliphatic heterocycles. The number of benzene rings is 1. The zero-order valence-electron chi connectivity index (χ0n) is 15.9. The molecule has 3 heterocycles. The maximum absolute atomic E-state index is 12.1. The number of carbonyl (C=O) groups is 1. The largest absolute Gasteiger partial charge is 0.507 e. The van der Waals surface area contributed by atoms with Gasteiger partial charge in [0.25, 0.3) is 0 Å². The van der Waals surface area contributed by atoms with Crippen LogP contribution in [0, 0.1) is 5.92 Å². The molecule has 2 aliphatic rings. The molecule has 0 spiro atoms. The van der Waals surface area contributed by atoms with Crippen LogP contribution < -0.4 is 20.6 Å². The predicted molar refractivity (Wildman–Crippen MR) is 102 cm³/mol. The lowest BCUT2D eigenvalue weighted by Gasteiger charge is -2.29. The molecule has 1 aromatic carbocycles. The van der Waals surface area contributed by atoms with Gasteiger partial charge in [-0.2, -0.15) is 0 Å². The van der Waals surface area contributed by atoms with Gasteiger partial charge in [0.05, 0.1) is 6.04 Å². The van der Waals surface area contributed by atoms with Crippen molar-refractivity contribution in [1.82, 2.24) is 20.8 Å². The van der Waals surface area contributed by atoms with E-state index in [4.69, 9.17) is 9.68 Å². The number of phenols is 1. The molecule has 0 saturated carbocycles. The first kappa shape index (κ1) is 18.5. The lowest BCUT2D eigenvalue weighted by molar-refractivity contribution is -0.124. The van der Waals surface area contributed by atoms with E-state index >= 15 is 0 Å². The van der Waals surface area contributed by atoms with Crippen molar-refractivity contribution in [2.45, 2.75) is 32.4 Å². The number of amides is 1. The van der Waals surface area contributed by atoms with E-state index in [1.54, 1.807) is 24.5 Å². The van der Waals surface area contributed by atoms with Gasteiger partial charge in [-0.05, 0) is 30.2 Å². The van der Waals surface area contributed by atoms with Crippen LogP contribution >= 0.6 is 0 Å². The van der Waals surface area contributed by atoms with Crippen LogP contribution in [0.15, 0.2) is 36.7 Å². The zero-order chi connectivity index (χ0) is 19.7. The van der Waals surface area contributed by atoms with E-state index < -0.39 is 0 Å². The van der Waals surface area contributed by atoms with Gasteiger partial charge in [0.15, 0.2) is 11.5 Å². The van der Waals surface area contributed by atoms with E-state index in [0.717, 1.165) is 18.5 Å². The second kappa shape index (κ2) is 7.65. The Bertz CT molecular complexity index is 859. The van der Waals surface area contributed by atoms with Crippen LogP contribution in [0.3, 0.4) is 0 Å². The standard InChI is InChI=1S/C20H24N4O4/c1-12(2)20(26)22-14-5-8-24(11-14)19(13-3-6-21-7-4-13)15-9-17-18(10-16(15)25)28-23-27-17/h3-4,6-7,9-10,12,14,19,23,25H,5,8,11H2,1-2H3,(H,22,26)/t14-,19?/m1/s1. The van der Waals surface area contributed by atoms with Gasteiger partial charge in [0.1, 0.15) is 5.75 Å². The Kier molecular flexibility index (Phi) is 5.06. The van der Waals surface area contributed by atoms with Crippen LogP contribution in [0.25, 0.3) is 0 Å². The number of rotatable bonds is 5. The third-order valence-corrected chi connectivity index (χ3v) is 5.17. The van der Waals surface area contributed by atoms with Gasteiger partial charge in [-0.25, -0.2) is 0 Å². The Morgan fingerprint density at radius 3 is 2.71 bits per heavy atom. The Balaban J connectivity index is 1.64. The first-order valence-corrected chi connectivity index (χ1v) is 9.43. The average molecular weight is 384 g/mol. The van der Waals surface area contributed by atoms with Crippen molar-refractivity contribution >= 4 is 5.91 Å². The van der Waals surface area contributed by atoms with Crippen LogP contribution in [0.4, 0.5) is 0 Å². The van der Waals surface area contributed by atoms with Crippen molar-refractivity contribution in [3.05, 3.63) is 47.8 Å². The minimum atomic E-state index is -0.196. The lowest BCUT2D eigenvalue weighted by Crippen LogP contribution is -2.39. The van der Waals surface area contributed by atoms with E-state index in [2.05, 4.69) is 20.8 Å². The smallest absolute Gasteiger partial charge is 0.222 e. The normalized spacial score (nSPS) is 19.8. The Morgan fingerprint density at radius 1 is 1.29 bits per heavy atom. The van der Waals surface area contributed by atoms with Gasteiger partial charge in [-0.1, -0.05) is 13.8 Å². The monoisotopic (exact) mass is 384 g/mol. The van der Waals surface area contributed by atoms with E-state index in [1.165, 1.54) is 0 Å². The zero-order valence-corrected chi connectivity index (χ0v) is 15.9. The lowest BCUT2D eigenvalue weighted by atomic mass is 9.96. The molecule has 8 heteroatoms. The Hall–Kier alpha value is -2.84. The van der Waals surface area contributed by atoms with Gasteiger partial charge in [0, 0.05) is 54.7 Å². The summed E-state index contributed by atoms with van der Waals surface area (Å²) >= 11 is 0. The van der Waals surface area contributed by atoms with Gasteiger partial charge in [-0.15, -0.1) is 0 Å². The molecule has 1 fully saturated rings. The molecule has 1 unspecified atom stereocenters. The van der Waals surface area contributed by atoms with Crippen LogP contribution in [-0.4, -0.2) is 40.0 Å². The quantitative estimate of drug-likeness (QED) is 0.725. The van der Waals surface area contributed by atoms with Gasteiger partial charge in [-0.3, -0.25) is 14.7 Å². The fourth-order valence-electron chi connectivity index (χ4n) is 3.69. The molecule has 0 bridgehead atoms. The van der Waals surface area contributed by atoms with Crippen LogP contribution in [0.1, 0.15) is 37.4 Å². The van der Waals surface area contributed by atoms with E-state index in [1.807, 2.05) is 26.0 Å². The highest BCUT2D eigenvalue weighted by Crippen LogP contribution is 2.43. The number of phenolic OH excluding ortho intramolecular Hbond substituents is 1.